The summed E-state index contributed by atoms with van der Waals surface area (Å²) >= 11 is 0. The summed E-state index contributed by atoms with van der Waals surface area (Å²) in [6.07, 6.45) is 1.78. The van der Waals surface area contributed by atoms with Crippen LogP contribution in [0, 0.1) is 32.1 Å². The van der Waals surface area contributed by atoms with Gasteiger partial charge < -0.3 is 9.80 Å². The fourth-order valence-corrected chi connectivity index (χ4v) is 3.59. The van der Waals surface area contributed by atoms with Gasteiger partial charge in [-0.05, 0) is 39.0 Å². The molecule has 0 unspecified atom stereocenters. The number of anilines is 1. The molecule has 1 saturated heterocycles. The largest absolute Gasteiger partial charge is 0.353 e. The first-order chi connectivity index (χ1) is 14.5. The number of hydrogen-bond acceptors (Lipinski definition) is 6. The zero-order chi connectivity index (χ0) is 21.3. The van der Waals surface area contributed by atoms with Crippen molar-refractivity contribution < 1.29 is 4.79 Å². The van der Waals surface area contributed by atoms with Gasteiger partial charge in [0.25, 0.3) is 5.91 Å². The maximum atomic E-state index is 12.8. The lowest BCUT2D eigenvalue weighted by Gasteiger charge is -2.35. The van der Waals surface area contributed by atoms with Crippen molar-refractivity contribution in [3.63, 3.8) is 0 Å². The van der Waals surface area contributed by atoms with Crippen LogP contribution >= 0.6 is 0 Å². The summed E-state index contributed by atoms with van der Waals surface area (Å²) in [6.45, 7) is 8.43. The number of aromatic nitrogens is 4. The van der Waals surface area contributed by atoms with Crippen LogP contribution < -0.4 is 4.90 Å². The standard InChI is InChI=1S/C22H23N7O/c1-15-16(2)29(14-24-15)21-12-20(25-17(3)26-21)27-7-9-28(10-8-27)22(30)19-6-4-5-18(11-19)13-23/h4-6,11-12,14H,7-10H2,1-3H3. The molecule has 0 radical (unpaired) electrons. The van der Waals surface area contributed by atoms with Crippen molar-refractivity contribution in [2.45, 2.75) is 20.8 Å². The highest BCUT2D eigenvalue weighted by molar-refractivity contribution is 5.94. The number of amides is 1. The summed E-state index contributed by atoms with van der Waals surface area (Å²) in [5.74, 6) is 2.29. The van der Waals surface area contributed by atoms with Crippen LogP contribution in [0.15, 0.2) is 36.7 Å². The zero-order valence-corrected chi connectivity index (χ0v) is 17.3. The Bertz CT molecular complexity index is 1140. The zero-order valence-electron chi connectivity index (χ0n) is 17.3. The fraction of sp³-hybridized carbons (Fsp3) is 0.318. The van der Waals surface area contributed by atoms with Crippen molar-refractivity contribution in [2.24, 2.45) is 0 Å². The highest BCUT2D eigenvalue weighted by Gasteiger charge is 2.24. The lowest BCUT2D eigenvalue weighted by Crippen LogP contribution is -2.49. The quantitative estimate of drug-likeness (QED) is 0.669. The van der Waals surface area contributed by atoms with Crippen LogP contribution in [-0.2, 0) is 0 Å². The van der Waals surface area contributed by atoms with Crippen molar-refractivity contribution >= 4 is 11.7 Å². The summed E-state index contributed by atoms with van der Waals surface area (Å²) in [5.41, 5.74) is 3.07. The molecule has 8 heteroatoms. The molecule has 2 aromatic heterocycles. The Kier molecular flexibility index (Phi) is 5.19. The number of carbonyl (C=O) groups is 1. The van der Waals surface area contributed by atoms with Crippen LogP contribution in [-0.4, -0.2) is 56.5 Å². The van der Waals surface area contributed by atoms with E-state index in [1.54, 1.807) is 30.6 Å². The van der Waals surface area contributed by atoms with Crippen LogP contribution in [0.4, 0.5) is 5.82 Å². The van der Waals surface area contributed by atoms with Crippen LogP contribution in [0.2, 0.25) is 0 Å². The number of rotatable bonds is 3. The molecular weight excluding hydrogens is 378 g/mol. The third kappa shape index (κ3) is 3.74. The number of benzene rings is 1. The number of carbonyl (C=O) groups excluding carboxylic acids is 1. The van der Waals surface area contributed by atoms with E-state index in [0.29, 0.717) is 43.1 Å². The summed E-state index contributed by atoms with van der Waals surface area (Å²) in [6, 6.07) is 10.9. The van der Waals surface area contributed by atoms with Crippen LogP contribution in [0.25, 0.3) is 5.82 Å². The van der Waals surface area contributed by atoms with Gasteiger partial charge in [-0.1, -0.05) is 6.07 Å². The van der Waals surface area contributed by atoms with E-state index >= 15 is 0 Å². The van der Waals surface area contributed by atoms with Crippen molar-refractivity contribution in [1.29, 1.82) is 5.26 Å². The van der Waals surface area contributed by atoms with Gasteiger partial charge in [-0.25, -0.2) is 15.0 Å². The van der Waals surface area contributed by atoms with E-state index in [0.717, 1.165) is 23.0 Å². The predicted molar refractivity (Wildman–Crippen MR) is 113 cm³/mol. The third-order valence-electron chi connectivity index (χ3n) is 5.44. The van der Waals surface area contributed by atoms with Crippen molar-refractivity contribution in [3.8, 4) is 11.9 Å². The fourth-order valence-electron chi connectivity index (χ4n) is 3.59. The van der Waals surface area contributed by atoms with Crippen molar-refractivity contribution in [2.75, 3.05) is 31.1 Å². The SMILES string of the molecule is Cc1nc(N2CCN(C(=O)c3cccc(C#N)c3)CC2)cc(-n2cnc(C)c2C)n1. The summed E-state index contributed by atoms with van der Waals surface area (Å²) in [5, 5.41) is 9.06. The average molecular weight is 401 g/mol. The Morgan fingerprint density at radius 1 is 1.03 bits per heavy atom. The van der Waals surface area contributed by atoms with Gasteiger partial charge in [0.2, 0.25) is 0 Å². The Morgan fingerprint density at radius 2 is 1.77 bits per heavy atom. The van der Waals surface area contributed by atoms with E-state index in [1.807, 2.05) is 36.3 Å². The van der Waals surface area contributed by atoms with Gasteiger partial charge in [0.15, 0.2) is 0 Å². The summed E-state index contributed by atoms with van der Waals surface area (Å²) in [4.78, 5) is 30.3. The van der Waals surface area contributed by atoms with Gasteiger partial charge in [0, 0.05) is 43.5 Å². The molecule has 30 heavy (non-hydrogen) atoms. The van der Waals surface area contributed by atoms with Crippen LogP contribution in [0.5, 0.6) is 0 Å². The molecule has 0 N–H and O–H groups in total. The first-order valence-electron chi connectivity index (χ1n) is 9.87. The van der Waals surface area contributed by atoms with E-state index in [-0.39, 0.29) is 5.91 Å². The smallest absolute Gasteiger partial charge is 0.254 e. The Morgan fingerprint density at radius 3 is 2.43 bits per heavy atom. The second kappa shape index (κ2) is 7.95. The molecule has 1 aliphatic rings. The number of nitrogens with zero attached hydrogens (tertiary/aromatic N) is 7. The van der Waals surface area contributed by atoms with Crippen molar-refractivity contribution in [1.82, 2.24) is 24.4 Å². The normalized spacial score (nSPS) is 13.9. The molecule has 1 aliphatic heterocycles. The van der Waals surface area contributed by atoms with Gasteiger partial charge in [0.1, 0.15) is 23.8 Å². The Balaban J connectivity index is 1.50. The van der Waals surface area contributed by atoms with Gasteiger partial charge in [0.05, 0.1) is 17.3 Å². The summed E-state index contributed by atoms with van der Waals surface area (Å²) in [7, 11) is 0. The van der Waals surface area contributed by atoms with Gasteiger partial charge in [-0.2, -0.15) is 5.26 Å². The molecule has 1 amide bonds. The maximum Gasteiger partial charge on any atom is 0.254 e. The first-order valence-corrected chi connectivity index (χ1v) is 9.87. The number of nitriles is 1. The van der Waals surface area contributed by atoms with E-state index in [1.165, 1.54) is 0 Å². The Labute approximate surface area is 175 Å². The molecule has 0 atom stereocenters. The predicted octanol–water partition coefficient (Wildman–Crippen LogP) is 2.42. The third-order valence-corrected chi connectivity index (χ3v) is 5.44. The second-order valence-electron chi connectivity index (χ2n) is 7.39. The molecule has 3 aromatic rings. The van der Waals surface area contributed by atoms with Crippen LogP contribution in [0.3, 0.4) is 0 Å². The number of hydrogen-bond donors (Lipinski definition) is 0. The average Bonchev–Trinajstić information content (AvgIpc) is 3.11. The molecule has 0 bridgehead atoms. The van der Waals surface area contributed by atoms with E-state index < -0.39 is 0 Å². The van der Waals surface area contributed by atoms with Gasteiger partial charge in [-0.15, -0.1) is 0 Å². The highest BCUT2D eigenvalue weighted by atomic mass is 16.2. The molecule has 0 spiro atoms. The van der Waals surface area contributed by atoms with Gasteiger partial charge >= 0.3 is 0 Å². The molecular formula is C22H23N7O. The number of piperazine rings is 1. The summed E-state index contributed by atoms with van der Waals surface area (Å²) < 4.78 is 1.97. The number of imidazole rings is 1. The number of aryl methyl sites for hydroxylation is 2. The lowest BCUT2D eigenvalue weighted by atomic mass is 10.1. The molecule has 0 saturated carbocycles. The minimum atomic E-state index is -0.0455. The molecule has 1 fully saturated rings. The van der Waals surface area contributed by atoms with E-state index in [2.05, 4.69) is 25.9 Å². The highest BCUT2D eigenvalue weighted by Crippen LogP contribution is 2.20. The van der Waals surface area contributed by atoms with Crippen molar-refractivity contribution in [3.05, 3.63) is 65.0 Å². The van der Waals surface area contributed by atoms with Gasteiger partial charge in [-0.3, -0.25) is 9.36 Å². The first kappa shape index (κ1) is 19.6. The van der Waals surface area contributed by atoms with Crippen LogP contribution in [0.1, 0.15) is 33.1 Å². The molecule has 4 rings (SSSR count). The Hall–Kier alpha value is -3.73. The lowest BCUT2D eigenvalue weighted by molar-refractivity contribution is 0.0746. The van der Waals surface area contributed by atoms with E-state index in [9.17, 15) is 4.79 Å². The molecule has 1 aromatic carbocycles. The minimum absolute atomic E-state index is 0.0455. The maximum absolute atomic E-state index is 12.8. The molecule has 8 nitrogen and oxygen atoms in total. The topological polar surface area (TPSA) is 90.9 Å². The second-order valence-corrected chi connectivity index (χ2v) is 7.39. The monoisotopic (exact) mass is 401 g/mol. The minimum Gasteiger partial charge on any atom is -0.353 e. The molecule has 152 valence electrons. The molecule has 0 aliphatic carbocycles. The molecule has 3 heterocycles. The van der Waals surface area contributed by atoms with E-state index in [4.69, 9.17) is 5.26 Å².